The third kappa shape index (κ3) is 4.12. The molecule has 11 heteroatoms. The molecule has 0 amide bonds. The fraction of sp³-hybridized carbons (Fsp3) is 0.143. The number of hydrazine groups is 1. The number of methoxy groups -OCH3 is 1. The summed E-state index contributed by atoms with van der Waals surface area (Å²) in [6, 6.07) is 4.98. The van der Waals surface area contributed by atoms with Gasteiger partial charge < -0.3 is 4.74 Å². The van der Waals surface area contributed by atoms with E-state index in [1.54, 1.807) is 0 Å². The van der Waals surface area contributed by atoms with Crippen LogP contribution in [0.2, 0.25) is 0 Å². The highest BCUT2D eigenvalue weighted by atomic mass is 32.2. The van der Waals surface area contributed by atoms with Gasteiger partial charge >= 0.3 is 20.6 Å². The van der Waals surface area contributed by atoms with Crippen molar-refractivity contribution in [2.24, 2.45) is 0 Å². The highest BCUT2D eigenvalue weighted by molar-refractivity contribution is 7.89. The number of hydrogen-bond acceptors (Lipinski definition) is 5. The van der Waals surface area contributed by atoms with Gasteiger partial charge in [-0.3, -0.25) is 9.11 Å². The first kappa shape index (κ1) is 14.7. The van der Waals surface area contributed by atoms with Crippen molar-refractivity contribution >= 4 is 26.3 Å². The fourth-order valence-electron chi connectivity index (χ4n) is 1.06. The van der Waals surface area contributed by atoms with Crippen molar-refractivity contribution in [3.05, 3.63) is 24.3 Å². The van der Waals surface area contributed by atoms with E-state index in [2.05, 4.69) is 0 Å². The summed E-state index contributed by atoms with van der Waals surface area (Å²) in [5.74, 6) is 0.390. The highest BCUT2D eigenvalue weighted by Crippen LogP contribution is 2.19. The van der Waals surface area contributed by atoms with Crippen LogP contribution in [0.4, 0.5) is 5.69 Å². The summed E-state index contributed by atoms with van der Waals surface area (Å²) in [5, 5.41) is 0. The molecule has 1 aromatic carbocycles. The van der Waals surface area contributed by atoms with Crippen LogP contribution < -0.4 is 14.0 Å². The monoisotopic (exact) mass is 298 g/mol. The molecule has 0 bridgehead atoms. The lowest BCUT2D eigenvalue weighted by Gasteiger charge is -2.19. The zero-order valence-corrected chi connectivity index (χ0v) is 10.6. The van der Waals surface area contributed by atoms with Crippen LogP contribution >= 0.6 is 0 Å². The summed E-state index contributed by atoms with van der Waals surface area (Å²) in [7, 11) is -8.41. The molecule has 0 radical (unpaired) electrons. The number of ether oxygens (including phenoxy) is 1. The van der Waals surface area contributed by atoms with E-state index in [1.807, 2.05) is 0 Å². The molecule has 0 atom stereocenters. The predicted octanol–water partition coefficient (Wildman–Crippen LogP) is -0.388. The van der Waals surface area contributed by atoms with Gasteiger partial charge in [-0.1, -0.05) is 4.83 Å². The summed E-state index contributed by atoms with van der Waals surface area (Å²) >= 11 is 0. The molecule has 0 heterocycles. The number of anilines is 1. The molecule has 0 spiro atoms. The van der Waals surface area contributed by atoms with E-state index < -0.39 is 20.6 Å². The van der Waals surface area contributed by atoms with Crippen LogP contribution in [0.5, 0.6) is 5.75 Å². The van der Waals surface area contributed by atoms with Crippen LogP contribution in [-0.4, -0.2) is 33.1 Å². The second-order valence-corrected chi connectivity index (χ2v) is 5.40. The van der Waals surface area contributed by atoms with Gasteiger partial charge in [-0.05, 0) is 24.3 Å². The van der Waals surface area contributed by atoms with Crippen molar-refractivity contribution in [2.75, 3.05) is 11.5 Å². The van der Waals surface area contributed by atoms with E-state index in [0.717, 1.165) is 12.1 Å². The van der Waals surface area contributed by atoms with E-state index in [-0.39, 0.29) is 10.1 Å². The Kier molecular flexibility index (Phi) is 4.13. The van der Waals surface area contributed by atoms with Gasteiger partial charge in [0.1, 0.15) is 5.75 Å². The van der Waals surface area contributed by atoms with Gasteiger partial charge in [0.15, 0.2) is 0 Å². The predicted molar refractivity (Wildman–Crippen MR) is 61.7 cm³/mol. The molecule has 0 fully saturated rings. The van der Waals surface area contributed by atoms with Crippen LogP contribution in [0.3, 0.4) is 0 Å². The Labute approximate surface area is 104 Å². The molecule has 0 saturated heterocycles. The van der Waals surface area contributed by atoms with Crippen LogP contribution in [0.1, 0.15) is 0 Å². The summed E-state index contributed by atoms with van der Waals surface area (Å²) < 4.78 is 65.2. The second kappa shape index (κ2) is 5.07. The lowest BCUT2D eigenvalue weighted by Crippen LogP contribution is -2.45. The average molecular weight is 298 g/mol. The van der Waals surface area contributed by atoms with Crippen LogP contribution in [0.25, 0.3) is 0 Å². The SMILES string of the molecule is COc1ccc(N(NS(=O)(=O)O)S(=O)(=O)O)cc1. The van der Waals surface area contributed by atoms with Crippen molar-refractivity contribution in [3.8, 4) is 5.75 Å². The molecule has 0 aliphatic heterocycles. The van der Waals surface area contributed by atoms with Crippen LogP contribution in [0, 0.1) is 0 Å². The number of rotatable bonds is 5. The fourth-order valence-corrected chi connectivity index (χ4v) is 2.42. The van der Waals surface area contributed by atoms with E-state index in [4.69, 9.17) is 13.8 Å². The van der Waals surface area contributed by atoms with Crippen molar-refractivity contribution in [1.29, 1.82) is 0 Å². The molecule has 0 saturated carbocycles. The quantitative estimate of drug-likeness (QED) is 0.498. The first-order valence-electron chi connectivity index (χ1n) is 4.30. The molecule has 0 unspecified atom stereocenters. The van der Waals surface area contributed by atoms with Crippen molar-refractivity contribution in [1.82, 2.24) is 4.83 Å². The summed E-state index contributed by atoms with van der Waals surface area (Å²) in [6.07, 6.45) is 0. The van der Waals surface area contributed by atoms with E-state index >= 15 is 0 Å². The zero-order chi connectivity index (χ0) is 14.0. The van der Waals surface area contributed by atoms with Crippen molar-refractivity contribution in [3.63, 3.8) is 0 Å². The molecular weight excluding hydrogens is 288 g/mol. The maximum absolute atomic E-state index is 11.0. The molecule has 9 nitrogen and oxygen atoms in total. The molecule has 0 aliphatic carbocycles. The molecule has 102 valence electrons. The zero-order valence-electron chi connectivity index (χ0n) is 9.01. The Morgan fingerprint density at radius 2 is 1.61 bits per heavy atom. The maximum atomic E-state index is 11.0. The lowest BCUT2D eigenvalue weighted by atomic mass is 10.3. The normalized spacial score (nSPS) is 12.2. The Morgan fingerprint density at radius 3 is 1.94 bits per heavy atom. The van der Waals surface area contributed by atoms with Crippen LogP contribution in [-0.2, 0) is 20.6 Å². The number of nitrogens with zero attached hydrogens (tertiary/aromatic N) is 1. The van der Waals surface area contributed by atoms with Gasteiger partial charge in [0, 0.05) is 0 Å². The Bertz CT molecular complexity index is 608. The van der Waals surface area contributed by atoms with E-state index in [9.17, 15) is 16.8 Å². The van der Waals surface area contributed by atoms with Gasteiger partial charge in [-0.2, -0.15) is 21.2 Å². The number of hydrogen-bond donors (Lipinski definition) is 3. The Morgan fingerprint density at radius 1 is 1.11 bits per heavy atom. The van der Waals surface area contributed by atoms with Gasteiger partial charge in [-0.15, -0.1) is 0 Å². The van der Waals surface area contributed by atoms with Crippen LogP contribution in [0.15, 0.2) is 24.3 Å². The lowest BCUT2D eigenvalue weighted by molar-refractivity contribution is 0.414. The summed E-state index contributed by atoms with van der Waals surface area (Å²) in [5.41, 5.74) is -0.240. The average Bonchev–Trinajstić information content (AvgIpc) is 2.24. The topological polar surface area (TPSA) is 133 Å². The largest absolute Gasteiger partial charge is 0.497 e. The molecule has 1 rings (SSSR count). The third-order valence-corrected chi connectivity index (χ3v) is 3.03. The first-order chi connectivity index (χ1) is 8.13. The maximum Gasteiger partial charge on any atom is 0.374 e. The summed E-state index contributed by atoms with van der Waals surface area (Å²) in [6.45, 7) is 0. The molecule has 3 N–H and O–H groups in total. The highest BCUT2D eigenvalue weighted by Gasteiger charge is 2.24. The molecule has 0 aliphatic rings. The van der Waals surface area contributed by atoms with Gasteiger partial charge in [0.05, 0.1) is 12.8 Å². The van der Waals surface area contributed by atoms with Gasteiger partial charge in [0.25, 0.3) is 0 Å². The smallest absolute Gasteiger partial charge is 0.374 e. The van der Waals surface area contributed by atoms with Crippen molar-refractivity contribution < 1.29 is 30.7 Å². The number of benzene rings is 1. The van der Waals surface area contributed by atoms with E-state index in [1.165, 1.54) is 24.1 Å². The van der Waals surface area contributed by atoms with E-state index in [0.29, 0.717) is 5.75 Å². The molecule has 18 heavy (non-hydrogen) atoms. The van der Waals surface area contributed by atoms with Crippen molar-refractivity contribution in [2.45, 2.75) is 0 Å². The standard InChI is InChI=1S/C7H10N2O7S2/c1-16-7-4-2-6(3-5-7)9(18(13,14)15)8-17(10,11)12/h2-5,8H,1H3,(H,10,11,12)(H,13,14,15). The minimum Gasteiger partial charge on any atom is -0.497 e. The minimum absolute atomic E-state index is 0.109. The second-order valence-electron chi connectivity index (χ2n) is 3.01. The van der Waals surface area contributed by atoms with Gasteiger partial charge in [0.2, 0.25) is 0 Å². The molecular formula is C7H10N2O7S2. The summed E-state index contributed by atoms with van der Waals surface area (Å²) in [4.78, 5) is 1.23. The third-order valence-electron chi connectivity index (χ3n) is 1.74. The van der Waals surface area contributed by atoms with Gasteiger partial charge in [-0.25, -0.2) is 0 Å². The number of nitrogens with one attached hydrogen (secondary N) is 1. The molecule has 1 aromatic rings. The minimum atomic E-state index is -4.93. The Balaban J connectivity index is 3.18. The Hall–Kier alpha value is -1.40. The first-order valence-corrected chi connectivity index (χ1v) is 7.14. The molecule has 0 aromatic heterocycles.